The van der Waals surface area contributed by atoms with Gasteiger partial charge in [0.05, 0.1) is 6.04 Å². The molecule has 2 aromatic carbocycles. The Balaban J connectivity index is 1.97. The van der Waals surface area contributed by atoms with E-state index in [4.69, 9.17) is 12.2 Å². The summed E-state index contributed by atoms with van der Waals surface area (Å²) >= 11 is 5.42. The van der Waals surface area contributed by atoms with Gasteiger partial charge in [-0.25, -0.2) is 0 Å². The van der Waals surface area contributed by atoms with Crippen LogP contribution < -0.4 is 10.6 Å². The average molecular weight is 312 g/mol. The molecule has 2 aromatic rings. The van der Waals surface area contributed by atoms with Crippen molar-refractivity contribution in [1.29, 1.82) is 0 Å². The highest BCUT2D eigenvalue weighted by molar-refractivity contribution is 7.80. The van der Waals surface area contributed by atoms with Crippen molar-refractivity contribution in [2.24, 2.45) is 0 Å². The number of benzene rings is 2. The number of hydrogen-bond donors (Lipinski definition) is 2. The molecule has 116 valence electrons. The van der Waals surface area contributed by atoms with E-state index in [0.29, 0.717) is 11.0 Å². The molecule has 0 bridgehead atoms. The Morgan fingerprint density at radius 2 is 1.50 bits per heavy atom. The summed E-state index contributed by atoms with van der Waals surface area (Å²) in [5, 5.41) is 7.25. The molecule has 1 unspecified atom stereocenters. The molecule has 0 fully saturated rings. The Morgan fingerprint density at radius 1 is 0.909 bits per heavy atom. The van der Waals surface area contributed by atoms with E-state index in [1.807, 2.05) is 18.2 Å². The molecule has 0 aliphatic heterocycles. The van der Waals surface area contributed by atoms with Crippen molar-refractivity contribution < 1.29 is 0 Å². The maximum Gasteiger partial charge on any atom is 0.171 e. The van der Waals surface area contributed by atoms with Gasteiger partial charge in [0, 0.05) is 5.69 Å². The van der Waals surface area contributed by atoms with Crippen LogP contribution >= 0.6 is 12.2 Å². The molecule has 0 aromatic heterocycles. The molecule has 0 amide bonds. The molecule has 0 saturated carbocycles. The molecule has 2 nitrogen and oxygen atoms in total. The Bertz CT molecular complexity index is 632. The maximum atomic E-state index is 5.42. The number of aryl methyl sites for hydroxylation is 1. The van der Waals surface area contributed by atoms with Gasteiger partial charge in [-0.2, -0.15) is 0 Å². The number of para-hydroxylation sites is 1. The SMILES string of the molecule is Cc1ccccc1NC(=S)NC(C)c1ccc(C(C)C)cc1. The second-order valence-electron chi connectivity index (χ2n) is 5.96. The third-order valence-electron chi connectivity index (χ3n) is 3.84. The molecule has 3 heteroatoms. The van der Waals surface area contributed by atoms with E-state index < -0.39 is 0 Å². The van der Waals surface area contributed by atoms with Crippen molar-refractivity contribution >= 4 is 23.0 Å². The minimum absolute atomic E-state index is 0.172. The predicted octanol–water partition coefficient (Wildman–Crippen LogP) is 5.17. The quantitative estimate of drug-likeness (QED) is 0.762. The monoisotopic (exact) mass is 312 g/mol. The summed E-state index contributed by atoms with van der Waals surface area (Å²) in [6.45, 7) is 8.60. The molecule has 2 N–H and O–H groups in total. The summed E-state index contributed by atoms with van der Waals surface area (Å²) in [6.07, 6.45) is 0. The van der Waals surface area contributed by atoms with E-state index >= 15 is 0 Å². The van der Waals surface area contributed by atoms with Gasteiger partial charge in [0.15, 0.2) is 5.11 Å². The molecule has 0 aliphatic carbocycles. The van der Waals surface area contributed by atoms with Crippen molar-refractivity contribution in [3.63, 3.8) is 0 Å². The van der Waals surface area contributed by atoms with E-state index in [1.165, 1.54) is 16.7 Å². The standard InChI is InChI=1S/C19H24N2S/c1-13(2)16-9-11-17(12-10-16)15(4)20-19(22)21-18-8-6-5-7-14(18)3/h5-13,15H,1-4H3,(H2,20,21,22). The van der Waals surface area contributed by atoms with Crippen LogP contribution in [-0.2, 0) is 0 Å². The van der Waals surface area contributed by atoms with Crippen LogP contribution in [0, 0.1) is 6.92 Å². The first kappa shape index (κ1) is 16.5. The predicted molar refractivity (Wildman–Crippen MR) is 99.5 cm³/mol. The highest BCUT2D eigenvalue weighted by Crippen LogP contribution is 2.19. The Labute approximate surface area is 139 Å². The van der Waals surface area contributed by atoms with E-state index in [1.54, 1.807) is 0 Å². The summed E-state index contributed by atoms with van der Waals surface area (Å²) in [4.78, 5) is 0. The summed E-state index contributed by atoms with van der Waals surface area (Å²) in [7, 11) is 0. The van der Waals surface area contributed by atoms with Crippen LogP contribution in [0.3, 0.4) is 0 Å². The van der Waals surface area contributed by atoms with Crippen LogP contribution in [0.1, 0.15) is 49.4 Å². The highest BCUT2D eigenvalue weighted by Gasteiger charge is 2.08. The van der Waals surface area contributed by atoms with Crippen molar-refractivity contribution in [2.45, 2.75) is 39.7 Å². The molecular weight excluding hydrogens is 288 g/mol. The Morgan fingerprint density at radius 3 is 2.09 bits per heavy atom. The van der Waals surface area contributed by atoms with Gasteiger partial charge in [0.25, 0.3) is 0 Å². The van der Waals surface area contributed by atoms with Crippen LogP contribution in [-0.4, -0.2) is 5.11 Å². The van der Waals surface area contributed by atoms with Crippen molar-refractivity contribution in [1.82, 2.24) is 5.32 Å². The van der Waals surface area contributed by atoms with E-state index in [9.17, 15) is 0 Å². The van der Waals surface area contributed by atoms with Crippen LogP contribution in [0.5, 0.6) is 0 Å². The topological polar surface area (TPSA) is 24.1 Å². The first-order chi connectivity index (χ1) is 10.5. The van der Waals surface area contributed by atoms with Gasteiger partial charge in [-0.1, -0.05) is 56.3 Å². The fourth-order valence-electron chi connectivity index (χ4n) is 2.32. The maximum absolute atomic E-state index is 5.42. The zero-order valence-corrected chi connectivity index (χ0v) is 14.5. The van der Waals surface area contributed by atoms with Gasteiger partial charge in [-0.15, -0.1) is 0 Å². The Hall–Kier alpha value is -1.87. The van der Waals surface area contributed by atoms with Gasteiger partial charge in [0.1, 0.15) is 0 Å². The molecular formula is C19H24N2S. The molecule has 0 spiro atoms. The molecule has 0 radical (unpaired) electrons. The van der Waals surface area contributed by atoms with E-state index in [2.05, 4.69) is 68.7 Å². The lowest BCUT2D eigenvalue weighted by atomic mass is 10.00. The first-order valence-electron chi connectivity index (χ1n) is 7.70. The minimum atomic E-state index is 0.172. The highest BCUT2D eigenvalue weighted by atomic mass is 32.1. The number of thiocarbonyl (C=S) groups is 1. The lowest BCUT2D eigenvalue weighted by molar-refractivity contribution is 0.721. The number of hydrogen-bond acceptors (Lipinski definition) is 1. The molecule has 22 heavy (non-hydrogen) atoms. The third kappa shape index (κ3) is 4.31. The Kier molecular flexibility index (Phi) is 5.56. The molecule has 2 rings (SSSR count). The fourth-order valence-corrected chi connectivity index (χ4v) is 2.61. The lowest BCUT2D eigenvalue weighted by Gasteiger charge is -2.19. The fraction of sp³-hybridized carbons (Fsp3) is 0.316. The first-order valence-corrected chi connectivity index (χ1v) is 8.11. The summed E-state index contributed by atoms with van der Waals surface area (Å²) in [5.74, 6) is 0.557. The minimum Gasteiger partial charge on any atom is -0.356 e. The van der Waals surface area contributed by atoms with Crippen molar-refractivity contribution in [3.8, 4) is 0 Å². The smallest absolute Gasteiger partial charge is 0.171 e. The van der Waals surface area contributed by atoms with E-state index in [0.717, 1.165) is 5.69 Å². The second-order valence-corrected chi connectivity index (χ2v) is 6.36. The second kappa shape index (κ2) is 7.41. The van der Waals surface area contributed by atoms with Crippen molar-refractivity contribution in [3.05, 3.63) is 65.2 Å². The molecule has 0 saturated heterocycles. The van der Waals surface area contributed by atoms with Crippen LogP contribution in [0.25, 0.3) is 0 Å². The van der Waals surface area contributed by atoms with Crippen LogP contribution in [0.4, 0.5) is 5.69 Å². The van der Waals surface area contributed by atoms with Gasteiger partial charge in [-0.3, -0.25) is 0 Å². The van der Waals surface area contributed by atoms with Crippen LogP contribution in [0.2, 0.25) is 0 Å². The average Bonchev–Trinajstić information content (AvgIpc) is 2.49. The zero-order valence-electron chi connectivity index (χ0n) is 13.7. The number of nitrogens with one attached hydrogen (secondary N) is 2. The third-order valence-corrected chi connectivity index (χ3v) is 4.06. The largest absolute Gasteiger partial charge is 0.356 e. The molecule has 0 heterocycles. The normalized spacial score (nSPS) is 12.0. The zero-order chi connectivity index (χ0) is 16.1. The van der Waals surface area contributed by atoms with E-state index in [-0.39, 0.29) is 6.04 Å². The van der Waals surface area contributed by atoms with Gasteiger partial charge in [-0.05, 0) is 54.7 Å². The van der Waals surface area contributed by atoms with Crippen molar-refractivity contribution in [2.75, 3.05) is 5.32 Å². The van der Waals surface area contributed by atoms with Crippen LogP contribution in [0.15, 0.2) is 48.5 Å². The summed E-state index contributed by atoms with van der Waals surface area (Å²) < 4.78 is 0. The number of rotatable bonds is 4. The lowest BCUT2D eigenvalue weighted by Crippen LogP contribution is -2.31. The van der Waals surface area contributed by atoms with Gasteiger partial charge in [0.2, 0.25) is 0 Å². The summed E-state index contributed by atoms with van der Waals surface area (Å²) in [6, 6.07) is 17.0. The number of anilines is 1. The molecule has 0 aliphatic rings. The van der Waals surface area contributed by atoms with Gasteiger partial charge >= 0.3 is 0 Å². The summed E-state index contributed by atoms with van der Waals surface area (Å²) in [5.41, 5.74) is 4.82. The van der Waals surface area contributed by atoms with Gasteiger partial charge < -0.3 is 10.6 Å². The molecule has 1 atom stereocenters.